The lowest BCUT2D eigenvalue weighted by Gasteiger charge is -2.19. The van der Waals surface area contributed by atoms with Crippen molar-refractivity contribution in [2.45, 2.75) is 33.1 Å². The number of hydrogen-bond acceptors (Lipinski definition) is 4. The Balaban J connectivity index is 1.62. The quantitative estimate of drug-likeness (QED) is 0.915. The van der Waals surface area contributed by atoms with Gasteiger partial charge in [-0.15, -0.1) is 5.10 Å². The van der Waals surface area contributed by atoms with E-state index in [2.05, 4.69) is 41.1 Å². The van der Waals surface area contributed by atoms with Gasteiger partial charge in [0.15, 0.2) is 5.82 Å². The van der Waals surface area contributed by atoms with Gasteiger partial charge in [0.25, 0.3) is 0 Å². The lowest BCUT2D eigenvalue weighted by atomic mass is 9.97. The highest BCUT2D eigenvalue weighted by atomic mass is 16.4. The number of benzene rings is 1. The summed E-state index contributed by atoms with van der Waals surface area (Å²) in [4.78, 5) is 13.1. The van der Waals surface area contributed by atoms with Crippen LogP contribution in [0.5, 0.6) is 0 Å². The van der Waals surface area contributed by atoms with Gasteiger partial charge in [-0.25, -0.2) is 0 Å². The fourth-order valence-electron chi connectivity index (χ4n) is 3.31. The highest BCUT2D eigenvalue weighted by Gasteiger charge is 2.25. The number of aromatic nitrogens is 2. The van der Waals surface area contributed by atoms with E-state index in [0.29, 0.717) is 5.92 Å². The molecule has 0 aliphatic carbocycles. The van der Waals surface area contributed by atoms with Crippen LogP contribution < -0.4 is 4.90 Å². The molecule has 1 fully saturated rings. The van der Waals surface area contributed by atoms with E-state index in [1.54, 1.807) is 0 Å². The van der Waals surface area contributed by atoms with Crippen molar-refractivity contribution < 1.29 is 9.90 Å². The van der Waals surface area contributed by atoms with Gasteiger partial charge in [-0.05, 0) is 54.9 Å². The first kappa shape index (κ1) is 16.4. The molecule has 126 valence electrons. The topological polar surface area (TPSA) is 66.3 Å². The van der Waals surface area contributed by atoms with Crippen LogP contribution in [0.2, 0.25) is 0 Å². The second-order valence-electron chi connectivity index (χ2n) is 6.67. The van der Waals surface area contributed by atoms with E-state index in [1.165, 1.54) is 16.7 Å². The molecule has 1 aliphatic rings. The molecule has 1 N–H and O–H groups in total. The van der Waals surface area contributed by atoms with Crippen molar-refractivity contribution in [3.05, 3.63) is 52.7 Å². The van der Waals surface area contributed by atoms with Gasteiger partial charge in [-0.2, -0.15) is 5.10 Å². The molecule has 24 heavy (non-hydrogen) atoms. The molecule has 1 aliphatic heterocycles. The van der Waals surface area contributed by atoms with Crippen LogP contribution in [-0.2, 0) is 17.6 Å². The predicted molar refractivity (Wildman–Crippen MR) is 93.3 cm³/mol. The average molecular weight is 325 g/mol. The Bertz CT molecular complexity index is 728. The minimum Gasteiger partial charge on any atom is -0.481 e. The number of carbonyl (C=O) groups is 1. The minimum atomic E-state index is -0.788. The largest absolute Gasteiger partial charge is 0.481 e. The zero-order valence-corrected chi connectivity index (χ0v) is 14.2. The number of aliphatic carboxylic acids is 1. The molecule has 1 aromatic carbocycles. The maximum absolute atomic E-state index is 10.7. The average Bonchev–Trinajstić information content (AvgIpc) is 3.00. The van der Waals surface area contributed by atoms with Gasteiger partial charge in [0.05, 0.1) is 12.6 Å². The van der Waals surface area contributed by atoms with Crippen molar-refractivity contribution in [1.82, 2.24) is 10.2 Å². The molecule has 0 spiro atoms. The third kappa shape index (κ3) is 3.72. The molecule has 3 rings (SSSR count). The summed E-state index contributed by atoms with van der Waals surface area (Å²) in [5.41, 5.74) is 4.51. The first-order valence-corrected chi connectivity index (χ1v) is 8.36. The lowest BCUT2D eigenvalue weighted by Crippen LogP contribution is -2.23. The number of aryl methyl sites for hydroxylation is 1. The highest BCUT2D eigenvalue weighted by Crippen LogP contribution is 2.27. The summed E-state index contributed by atoms with van der Waals surface area (Å²) in [5.74, 6) is 0.815. The van der Waals surface area contributed by atoms with E-state index in [0.717, 1.165) is 37.3 Å². The second-order valence-corrected chi connectivity index (χ2v) is 6.67. The molecule has 0 amide bonds. The van der Waals surface area contributed by atoms with Gasteiger partial charge >= 0.3 is 5.97 Å². The molecule has 0 bridgehead atoms. The summed E-state index contributed by atoms with van der Waals surface area (Å²) in [5, 5.41) is 17.2. The minimum absolute atomic E-state index is 0.0861. The zero-order chi connectivity index (χ0) is 17.1. The van der Waals surface area contributed by atoms with E-state index in [9.17, 15) is 4.79 Å². The normalized spacial score (nSPS) is 17.2. The van der Waals surface area contributed by atoms with Crippen LogP contribution in [0.3, 0.4) is 0 Å². The molecule has 5 nitrogen and oxygen atoms in total. The number of anilines is 1. The Hall–Kier alpha value is -2.43. The van der Waals surface area contributed by atoms with Crippen LogP contribution in [0.1, 0.15) is 28.7 Å². The maximum Gasteiger partial charge on any atom is 0.307 e. The SMILES string of the molecule is Cc1cnnc(N2CCC(Cc3ccc(CC(=O)O)cc3)C2)c1C. The summed E-state index contributed by atoms with van der Waals surface area (Å²) in [6.45, 7) is 6.18. The van der Waals surface area contributed by atoms with Gasteiger partial charge in [0.2, 0.25) is 0 Å². The molecule has 2 aromatic rings. The molecule has 0 saturated carbocycles. The number of nitrogens with zero attached hydrogens (tertiary/aromatic N) is 3. The molecular formula is C19H23N3O2. The Morgan fingerprint density at radius 2 is 1.96 bits per heavy atom. The number of carboxylic acids is 1. The summed E-state index contributed by atoms with van der Waals surface area (Å²) < 4.78 is 0. The second kappa shape index (κ2) is 6.99. The standard InChI is InChI=1S/C19H23N3O2/c1-13-11-20-21-19(14(13)2)22-8-7-17(12-22)9-15-3-5-16(6-4-15)10-18(23)24/h3-6,11,17H,7-10,12H2,1-2H3,(H,23,24). The fraction of sp³-hybridized carbons (Fsp3) is 0.421. The van der Waals surface area contributed by atoms with Crippen molar-refractivity contribution in [2.24, 2.45) is 5.92 Å². The number of carboxylic acid groups (broad SMARTS) is 1. The third-order valence-corrected chi connectivity index (χ3v) is 4.82. The Morgan fingerprint density at radius 3 is 2.67 bits per heavy atom. The zero-order valence-electron chi connectivity index (χ0n) is 14.2. The van der Waals surface area contributed by atoms with E-state index >= 15 is 0 Å². The van der Waals surface area contributed by atoms with Crippen LogP contribution >= 0.6 is 0 Å². The van der Waals surface area contributed by atoms with Crippen molar-refractivity contribution in [3.63, 3.8) is 0 Å². The monoisotopic (exact) mass is 325 g/mol. The fourth-order valence-corrected chi connectivity index (χ4v) is 3.31. The first-order valence-electron chi connectivity index (χ1n) is 8.36. The highest BCUT2D eigenvalue weighted by molar-refractivity contribution is 5.70. The van der Waals surface area contributed by atoms with Crippen LogP contribution in [0, 0.1) is 19.8 Å². The van der Waals surface area contributed by atoms with E-state index in [-0.39, 0.29) is 6.42 Å². The summed E-state index contributed by atoms with van der Waals surface area (Å²) in [6.07, 6.45) is 4.06. The number of hydrogen-bond donors (Lipinski definition) is 1. The molecule has 1 saturated heterocycles. The molecule has 5 heteroatoms. The Kier molecular flexibility index (Phi) is 4.79. The molecule has 2 heterocycles. The Morgan fingerprint density at radius 1 is 1.25 bits per heavy atom. The first-order chi connectivity index (χ1) is 11.5. The van der Waals surface area contributed by atoms with Crippen molar-refractivity contribution >= 4 is 11.8 Å². The number of rotatable bonds is 5. The Labute approximate surface area is 142 Å². The van der Waals surface area contributed by atoms with Gasteiger partial charge in [0, 0.05) is 13.1 Å². The van der Waals surface area contributed by atoms with Gasteiger partial charge < -0.3 is 10.0 Å². The molecular weight excluding hydrogens is 302 g/mol. The van der Waals surface area contributed by atoms with Gasteiger partial charge in [-0.3, -0.25) is 4.79 Å². The molecule has 1 unspecified atom stereocenters. The van der Waals surface area contributed by atoms with Gasteiger partial charge in [0.1, 0.15) is 0 Å². The van der Waals surface area contributed by atoms with Crippen molar-refractivity contribution in [2.75, 3.05) is 18.0 Å². The predicted octanol–water partition coefficient (Wildman–Crippen LogP) is 2.79. The van der Waals surface area contributed by atoms with Crippen molar-refractivity contribution in [3.8, 4) is 0 Å². The molecule has 1 atom stereocenters. The van der Waals surface area contributed by atoms with E-state index in [1.807, 2.05) is 18.3 Å². The van der Waals surface area contributed by atoms with Crippen LogP contribution in [-0.4, -0.2) is 34.4 Å². The van der Waals surface area contributed by atoms with E-state index in [4.69, 9.17) is 5.11 Å². The molecule has 1 aromatic heterocycles. The molecule has 0 radical (unpaired) electrons. The van der Waals surface area contributed by atoms with Gasteiger partial charge in [-0.1, -0.05) is 24.3 Å². The summed E-state index contributed by atoms with van der Waals surface area (Å²) in [7, 11) is 0. The van der Waals surface area contributed by atoms with Crippen LogP contribution in [0.15, 0.2) is 30.5 Å². The van der Waals surface area contributed by atoms with Crippen LogP contribution in [0.4, 0.5) is 5.82 Å². The summed E-state index contributed by atoms with van der Waals surface area (Å²) in [6, 6.07) is 7.95. The lowest BCUT2D eigenvalue weighted by molar-refractivity contribution is -0.136. The maximum atomic E-state index is 10.7. The van der Waals surface area contributed by atoms with E-state index < -0.39 is 5.97 Å². The third-order valence-electron chi connectivity index (χ3n) is 4.82. The smallest absolute Gasteiger partial charge is 0.307 e. The van der Waals surface area contributed by atoms with Crippen molar-refractivity contribution in [1.29, 1.82) is 0 Å². The summed E-state index contributed by atoms with van der Waals surface area (Å²) >= 11 is 0. The van der Waals surface area contributed by atoms with Crippen LogP contribution in [0.25, 0.3) is 0 Å².